The number of aromatic nitrogens is 1. The van der Waals surface area contributed by atoms with Gasteiger partial charge in [0, 0.05) is 13.2 Å². The molecule has 0 aliphatic rings. The van der Waals surface area contributed by atoms with E-state index in [0.29, 0.717) is 5.56 Å². The molecule has 0 saturated heterocycles. The number of carbonyl (C=O) groups excluding carboxylic acids is 1. The number of pyridine rings is 1. The molecule has 0 radical (unpaired) electrons. The van der Waals surface area contributed by atoms with E-state index in [2.05, 4.69) is 10.3 Å². The van der Waals surface area contributed by atoms with Gasteiger partial charge >= 0.3 is 0 Å². The van der Waals surface area contributed by atoms with Crippen molar-refractivity contribution in [2.75, 3.05) is 7.05 Å². The van der Waals surface area contributed by atoms with Gasteiger partial charge in [-0.2, -0.15) is 0 Å². The number of rotatable bonds is 1. The molecule has 12 heavy (non-hydrogen) atoms. The van der Waals surface area contributed by atoms with Crippen LogP contribution in [0.4, 0.5) is 4.39 Å². The molecule has 1 amide bonds. The minimum absolute atomic E-state index is 0.164. The standard InChI is InChI=1S/C8H9FN2O/c1-5-3-6(9)7(11-4-5)8(12)10-2/h3-4H,1-2H3,(H,10,12). The van der Waals surface area contributed by atoms with Crippen molar-refractivity contribution < 1.29 is 9.18 Å². The highest BCUT2D eigenvalue weighted by Gasteiger charge is 2.10. The molecule has 64 valence electrons. The second kappa shape index (κ2) is 3.30. The van der Waals surface area contributed by atoms with Crippen LogP contribution in [0.25, 0.3) is 0 Å². The minimum Gasteiger partial charge on any atom is -0.354 e. The molecular weight excluding hydrogens is 159 g/mol. The molecule has 0 spiro atoms. The number of halogens is 1. The third-order valence-corrected chi connectivity index (χ3v) is 1.42. The molecule has 0 fully saturated rings. The Morgan fingerprint density at radius 3 is 2.83 bits per heavy atom. The van der Waals surface area contributed by atoms with Crippen molar-refractivity contribution in [3.8, 4) is 0 Å². The summed E-state index contributed by atoms with van der Waals surface area (Å²) in [5, 5.41) is 2.30. The topological polar surface area (TPSA) is 42.0 Å². The van der Waals surface area contributed by atoms with E-state index in [9.17, 15) is 9.18 Å². The van der Waals surface area contributed by atoms with E-state index in [0.717, 1.165) is 0 Å². The van der Waals surface area contributed by atoms with Gasteiger partial charge < -0.3 is 5.32 Å². The predicted octanol–water partition coefficient (Wildman–Crippen LogP) is 0.889. The second-order valence-corrected chi connectivity index (χ2v) is 2.42. The Kier molecular flexibility index (Phi) is 2.38. The fourth-order valence-corrected chi connectivity index (χ4v) is 0.819. The molecule has 0 aromatic carbocycles. The Hall–Kier alpha value is -1.45. The normalized spacial score (nSPS) is 9.58. The summed E-state index contributed by atoms with van der Waals surface area (Å²) in [6.07, 6.45) is 1.45. The summed E-state index contributed by atoms with van der Waals surface area (Å²) in [4.78, 5) is 14.6. The lowest BCUT2D eigenvalue weighted by Gasteiger charge is -2.00. The van der Waals surface area contributed by atoms with Crippen LogP contribution < -0.4 is 5.32 Å². The third kappa shape index (κ3) is 1.58. The lowest BCUT2D eigenvalue weighted by Crippen LogP contribution is -2.20. The van der Waals surface area contributed by atoms with Gasteiger partial charge in [0.2, 0.25) is 0 Å². The first-order chi connectivity index (χ1) is 5.65. The van der Waals surface area contributed by atoms with Gasteiger partial charge in [-0.05, 0) is 18.6 Å². The second-order valence-electron chi connectivity index (χ2n) is 2.42. The maximum absolute atomic E-state index is 13.0. The van der Waals surface area contributed by atoms with E-state index >= 15 is 0 Å². The molecule has 1 aromatic heterocycles. The molecule has 0 bridgehead atoms. The molecule has 0 aliphatic heterocycles. The fourth-order valence-electron chi connectivity index (χ4n) is 0.819. The number of amides is 1. The minimum atomic E-state index is -0.589. The molecular formula is C8H9FN2O. The number of nitrogens with zero attached hydrogens (tertiary/aromatic N) is 1. The lowest BCUT2D eigenvalue weighted by atomic mass is 10.2. The summed E-state index contributed by atoms with van der Waals surface area (Å²) in [5.74, 6) is -1.10. The van der Waals surface area contributed by atoms with Gasteiger partial charge in [0.1, 0.15) is 0 Å². The van der Waals surface area contributed by atoms with Crippen LogP contribution in [0.5, 0.6) is 0 Å². The maximum atomic E-state index is 13.0. The average Bonchev–Trinajstić information content (AvgIpc) is 2.03. The van der Waals surface area contributed by atoms with Crippen LogP contribution in [-0.2, 0) is 0 Å². The zero-order valence-electron chi connectivity index (χ0n) is 6.89. The lowest BCUT2D eigenvalue weighted by molar-refractivity contribution is 0.0953. The van der Waals surface area contributed by atoms with E-state index in [4.69, 9.17) is 0 Å². The van der Waals surface area contributed by atoms with Crippen LogP contribution in [0.1, 0.15) is 16.1 Å². The van der Waals surface area contributed by atoms with Crippen LogP contribution in [0.3, 0.4) is 0 Å². The summed E-state index contributed by atoms with van der Waals surface area (Å²) in [6, 6.07) is 1.28. The fraction of sp³-hybridized carbons (Fsp3) is 0.250. The third-order valence-electron chi connectivity index (χ3n) is 1.42. The van der Waals surface area contributed by atoms with Gasteiger partial charge in [-0.1, -0.05) is 0 Å². The van der Waals surface area contributed by atoms with Gasteiger partial charge in [-0.3, -0.25) is 4.79 Å². The Balaban J connectivity index is 3.09. The van der Waals surface area contributed by atoms with E-state index in [1.54, 1.807) is 6.92 Å². The van der Waals surface area contributed by atoms with Gasteiger partial charge in [0.25, 0.3) is 5.91 Å². The van der Waals surface area contributed by atoms with Crippen LogP contribution in [0, 0.1) is 12.7 Å². The Labute approximate surface area is 69.6 Å². The molecule has 1 rings (SSSR count). The Morgan fingerprint density at radius 2 is 2.33 bits per heavy atom. The highest BCUT2D eigenvalue weighted by Crippen LogP contribution is 2.05. The molecule has 1 heterocycles. The first-order valence-electron chi connectivity index (χ1n) is 3.49. The Bertz CT molecular complexity index is 312. The van der Waals surface area contributed by atoms with Crippen LogP contribution in [-0.4, -0.2) is 17.9 Å². The summed E-state index contributed by atoms with van der Waals surface area (Å²) >= 11 is 0. The molecule has 0 aliphatic carbocycles. The van der Waals surface area contributed by atoms with E-state index in [-0.39, 0.29) is 5.69 Å². The summed E-state index contributed by atoms with van der Waals surface area (Å²) in [5.41, 5.74) is 0.531. The van der Waals surface area contributed by atoms with E-state index in [1.165, 1.54) is 19.3 Å². The highest BCUT2D eigenvalue weighted by atomic mass is 19.1. The van der Waals surface area contributed by atoms with Crippen molar-refractivity contribution in [1.82, 2.24) is 10.3 Å². The molecule has 4 heteroatoms. The monoisotopic (exact) mass is 168 g/mol. The molecule has 3 nitrogen and oxygen atoms in total. The van der Waals surface area contributed by atoms with Crippen LogP contribution in [0.15, 0.2) is 12.3 Å². The Morgan fingerprint density at radius 1 is 1.67 bits per heavy atom. The number of carbonyl (C=O) groups is 1. The van der Waals surface area contributed by atoms with E-state index in [1.807, 2.05) is 0 Å². The number of aryl methyl sites for hydroxylation is 1. The van der Waals surface area contributed by atoms with Crippen molar-refractivity contribution >= 4 is 5.91 Å². The number of hydrogen-bond acceptors (Lipinski definition) is 2. The zero-order valence-corrected chi connectivity index (χ0v) is 6.89. The first-order valence-corrected chi connectivity index (χ1v) is 3.49. The molecule has 1 N–H and O–H groups in total. The average molecular weight is 168 g/mol. The summed E-state index contributed by atoms with van der Waals surface area (Å²) < 4.78 is 13.0. The molecule has 0 unspecified atom stereocenters. The quantitative estimate of drug-likeness (QED) is 0.676. The van der Waals surface area contributed by atoms with Gasteiger partial charge in [0.05, 0.1) is 0 Å². The van der Waals surface area contributed by atoms with Crippen LogP contribution >= 0.6 is 0 Å². The number of hydrogen-bond donors (Lipinski definition) is 1. The molecule has 1 aromatic rings. The molecule has 0 saturated carbocycles. The smallest absolute Gasteiger partial charge is 0.272 e. The predicted molar refractivity (Wildman–Crippen MR) is 42.3 cm³/mol. The van der Waals surface area contributed by atoms with Crippen LogP contribution in [0.2, 0.25) is 0 Å². The highest BCUT2D eigenvalue weighted by molar-refractivity contribution is 5.92. The van der Waals surface area contributed by atoms with Crippen molar-refractivity contribution in [2.24, 2.45) is 0 Å². The number of nitrogens with one attached hydrogen (secondary N) is 1. The van der Waals surface area contributed by atoms with Crippen molar-refractivity contribution in [2.45, 2.75) is 6.92 Å². The zero-order chi connectivity index (χ0) is 9.14. The SMILES string of the molecule is CNC(=O)c1ncc(C)cc1F. The largest absolute Gasteiger partial charge is 0.354 e. The molecule has 0 atom stereocenters. The first kappa shape index (κ1) is 8.64. The summed E-state index contributed by atoms with van der Waals surface area (Å²) in [7, 11) is 1.43. The van der Waals surface area contributed by atoms with Gasteiger partial charge in [-0.25, -0.2) is 9.37 Å². The van der Waals surface area contributed by atoms with Crippen molar-refractivity contribution in [1.29, 1.82) is 0 Å². The van der Waals surface area contributed by atoms with Gasteiger partial charge in [-0.15, -0.1) is 0 Å². The van der Waals surface area contributed by atoms with Crippen molar-refractivity contribution in [3.05, 3.63) is 29.3 Å². The van der Waals surface area contributed by atoms with Gasteiger partial charge in [0.15, 0.2) is 11.5 Å². The summed E-state index contributed by atoms with van der Waals surface area (Å²) in [6.45, 7) is 1.71. The maximum Gasteiger partial charge on any atom is 0.272 e. The van der Waals surface area contributed by atoms with E-state index < -0.39 is 11.7 Å². The van der Waals surface area contributed by atoms with Crippen molar-refractivity contribution in [3.63, 3.8) is 0 Å².